The SMILES string of the molecule is O=C(CN(Cc1ccco1)C1CC1)c1ccco1. The summed E-state index contributed by atoms with van der Waals surface area (Å²) in [6, 6.07) is 7.76. The fraction of sp³-hybridized carbons (Fsp3) is 0.357. The minimum absolute atomic E-state index is 0.0263. The van der Waals surface area contributed by atoms with Gasteiger partial charge in [-0.25, -0.2) is 0 Å². The van der Waals surface area contributed by atoms with E-state index in [0.717, 1.165) is 18.6 Å². The molecular formula is C14H15NO3. The van der Waals surface area contributed by atoms with E-state index < -0.39 is 0 Å². The first-order valence-electron chi connectivity index (χ1n) is 6.16. The second kappa shape index (κ2) is 4.82. The molecule has 3 rings (SSSR count). The summed E-state index contributed by atoms with van der Waals surface area (Å²) < 4.78 is 10.5. The van der Waals surface area contributed by atoms with Crippen molar-refractivity contribution in [3.63, 3.8) is 0 Å². The average Bonchev–Trinajstić information content (AvgIpc) is 2.88. The maximum absolute atomic E-state index is 12.0. The lowest BCUT2D eigenvalue weighted by molar-refractivity contribution is 0.0886. The molecule has 2 aromatic rings. The lowest BCUT2D eigenvalue weighted by Gasteiger charge is -2.19. The van der Waals surface area contributed by atoms with Crippen molar-refractivity contribution >= 4 is 5.78 Å². The Bertz CT molecular complexity index is 497. The fourth-order valence-corrected chi connectivity index (χ4v) is 2.06. The number of carbonyl (C=O) groups excluding carboxylic acids is 1. The lowest BCUT2D eigenvalue weighted by atomic mass is 10.2. The van der Waals surface area contributed by atoms with E-state index in [1.165, 1.54) is 6.26 Å². The second-order valence-corrected chi connectivity index (χ2v) is 4.62. The highest BCUT2D eigenvalue weighted by Gasteiger charge is 2.31. The van der Waals surface area contributed by atoms with Gasteiger partial charge in [0, 0.05) is 6.04 Å². The topological polar surface area (TPSA) is 46.6 Å². The number of Topliss-reactive ketones (excluding diaryl/α,β-unsaturated/α-hetero) is 1. The summed E-state index contributed by atoms with van der Waals surface area (Å²) in [5, 5.41) is 0. The molecule has 1 saturated carbocycles. The van der Waals surface area contributed by atoms with Crippen LogP contribution in [0.1, 0.15) is 29.2 Å². The predicted octanol–water partition coefficient (Wildman–Crippen LogP) is 2.72. The van der Waals surface area contributed by atoms with Crippen LogP contribution in [0.25, 0.3) is 0 Å². The van der Waals surface area contributed by atoms with E-state index in [-0.39, 0.29) is 5.78 Å². The Labute approximate surface area is 105 Å². The van der Waals surface area contributed by atoms with Crippen LogP contribution in [0.2, 0.25) is 0 Å². The summed E-state index contributed by atoms with van der Waals surface area (Å²) in [5.41, 5.74) is 0. The molecule has 0 saturated heterocycles. The quantitative estimate of drug-likeness (QED) is 0.734. The Hall–Kier alpha value is -1.81. The van der Waals surface area contributed by atoms with E-state index in [2.05, 4.69) is 4.90 Å². The summed E-state index contributed by atoms with van der Waals surface area (Å²) in [5.74, 6) is 1.35. The van der Waals surface area contributed by atoms with Gasteiger partial charge >= 0.3 is 0 Å². The highest BCUT2D eigenvalue weighted by molar-refractivity contribution is 5.95. The van der Waals surface area contributed by atoms with Gasteiger partial charge < -0.3 is 8.83 Å². The number of nitrogens with zero attached hydrogens (tertiary/aromatic N) is 1. The van der Waals surface area contributed by atoms with Gasteiger partial charge in [0.1, 0.15) is 5.76 Å². The van der Waals surface area contributed by atoms with Crippen molar-refractivity contribution in [1.82, 2.24) is 4.90 Å². The molecule has 0 radical (unpaired) electrons. The Kier molecular flexibility index (Phi) is 3.02. The number of furan rings is 2. The summed E-state index contributed by atoms with van der Waals surface area (Å²) in [6.45, 7) is 1.07. The van der Waals surface area contributed by atoms with Gasteiger partial charge in [-0.2, -0.15) is 0 Å². The van der Waals surface area contributed by atoms with Crippen LogP contribution < -0.4 is 0 Å². The summed E-state index contributed by atoms with van der Waals surface area (Å²) in [4.78, 5) is 14.2. The molecule has 1 aliphatic rings. The van der Waals surface area contributed by atoms with Gasteiger partial charge in [-0.3, -0.25) is 9.69 Å². The highest BCUT2D eigenvalue weighted by Crippen LogP contribution is 2.28. The summed E-state index contributed by atoms with van der Waals surface area (Å²) >= 11 is 0. The van der Waals surface area contributed by atoms with Crippen molar-refractivity contribution in [1.29, 1.82) is 0 Å². The van der Waals surface area contributed by atoms with Crippen molar-refractivity contribution in [3.8, 4) is 0 Å². The van der Waals surface area contributed by atoms with Gasteiger partial charge in [-0.1, -0.05) is 0 Å². The third kappa shape index (κ3) is 2.54. The molecule has 2 aromatic heterocycles. The molecule has 1 aliphatic carbocycles. The molecule has 18 heavy (non-hydrogen) atoms. The van der Waals surface area contributed by atoms with Crippen molar-refractivity contribution < 1.29 is 13.6 Å². The van der Waals surface area contributed by atoms with E-state index in [0.29, 0.717) is 24.9 Å². The Morgan fingerprint density at radius 1 is 1.22 bits per heavy atom. The molecular weight excluding hydrogens is 230 g/mol. The van der Waals surface area contributed by atoms with Gasteiger partial charge in [0.25, 0.3) is 0 Å². The molecule has 4 nitrogen and oxygen atoms in total. The van der Waals surface area contributed by atoms with Gasteiger partial charge in [-0.15, -0.1) is 0 Å². The van der Waals surface area contributed by atoms with Crippen LogP contribution >= 0.6 is 0 Å². The van der Waals surface area contributed by atoms with E-state index in [4.69, 9.17) is 8.83 Å². The fourth-order valence-electron chi connectivity index (χ4n) is 2.06. The molecule has 4 heteroatoms. The summed E-state index contributed by atoms with van der Waals surface area (Å²) in [7, 11) is 0. The Balaban J connectivity index is 1.65. The maximum Gasteiger partial charge on any atom is 0.211 e. The molecule has 0 bridgehead atoms. The smallest absolute Gasteiger partial charge is 0.211 e. The number of carbonyl (C=O) groups is 1. The van der Waals surface area contributed by atoms with E-state index >= 15 is 0 Å². The maximum atomic E-state index is 12.0. The van der Waals surface area contributed by atoms with Crippen molar-refractivity contribution in [2.45, 2.75) is 25.4 Å². The summed E-state index contributed by atoms with van der Waals surface area (Å²) in [6.07, 6.45) is 5.51. The second-order valence-electron chi connectivity index (χ2n) is 4.62. The molecule has 0 spiro atoms. The number of ketones is 1. The number of hydrogen-bond acceptors (Lipinski definition) is 4. The molecule has 94 valence electrons. The third-order valence-electron chi connectivity index (χ3n) is 3.14. The predicted molar refractivity (Wildman–Crippen MR) is 65.2 cm³/mol. The molecule has 0 aromatic carbocycles. The molecule has 0 amide bonds. The van der Waals surface area contributed by atoms with E-state index in [1.54, 1.807) is 18.4 Å². The minimum Gasteiger partial charge on any atom is -0.468 e. The molecule has 0 N–H and O–H groups in total. The minimum atomic E-state index is 0.0263. The van der Waals surface area contributed by atoms with Gasteiger partial charge in [0.2, 0.25) is 5.78 Å². The van der Waals surface area contributed by atoms with Gasteiger partial charge in [0.15, 0.2) is 5.76 Å². The first kappa shape index (κ1) is 11.3. The molecule has 0 unspecified atom stereocenters. The van der Waals surface area contributed by atoms with Crippen LogP contribution in [0.3, 0.4) is 0 Å². The van der Waals surface area contributed by atoms with Gasteiger partial charge in [-0.05, 0) is 37.1 Å². The van der Waals surface area contributed by atoms with Crippen LogP contribution in [-0.4, -0.2) is 23.3 Å². The number of rotatable bonds is 6. The monoisotopic (exact) mass is 245 g/mol. The van der Waals surface area contributed by atoms with Crippen LogP contribution in [0, 0.1) is 0 Å². The van der Waals surface area contributed by atoms with Crippen molar-refractivity contribution in [2.24, 2.45) is 0 Å². The highest BCUT2D eigenvalue weighted by atomic mass is 16.3. The zero-order valence-electron chi connectivity index (χ0n) is 10.0. The first-order valence-corrected chi connectivity index (χ1v) is 6.16. The zero-order valence-corrected chi connectivity index (χ0v) is 10.0. The van der Waals surface area contributed by atoms with Crippen molar-refractivity contribution in [3.05, 3.63) is 48.3 Å². The standard InChI is InChI=1S/C14H15NO3/c16-13(14-4-2-8-18-14)10-15(11-5-6-11)9-12-3-1-7-17-12/h1-4,7-8,11H,5-6,9-10H2. The van der Waals surface area contributed by atoms with Crippen LogP contribution in [0.15, 0.2) is 45.6 Å². The average molecular weight is 245 g/mol. The van der Waals surface area contributed by atoms with Crippen LogP contribution in [-0.2, 0) is 6.54 Å². The normalized spacial score (nSPS) is 15.2. The Morgan fingerprint density at radius 3 is 2.61 bits per heavy atom. The number of hydrogen-bond donors (Lipinski definition) is 0. The molecule has 0 atom stereocenters. The van der Waals surface area contributed by atoms with Gasteiger partial charge in [0.05, 0.1) is 25.6 Å². The van der Waals surface area contributed by atoms with Crippen molar-refractivity contribution in [2.75, 3.05) is 6.54 Å². The van der Waals surface area contributed by atoms with E-state index in [9.17, 15) is 4.79 Å². The largest absolute Gasteiger partial charge is 0.468 e. The third-order valence-corrected chi connectivity index (χ3v) is 3.14. The lowest BCUT2D eigenvalue weighted by Crippen LogP contribution is -2.31. The van der Waals surface area contributed by atoms with E-state index in [1.807, 2.05) is 12.1 Å². The Morgan fingerprint density at radius 2 is 2.00 bits per heavy atom. The van der Waals surface area contributed by atoms with Crippen LogP contribution in [0.5, 0.6) is 0 Å². The van der Waals surface area contributed by atoms with Crippen LogP contribution in [0.4, 0.5) is 0 Å². The molecule has 0 aliphatic heterocycles. The molecule has 1 fully saturated rings. The zero-order chi connectivity index (χ0) is 12.4. The molecule has 2 heterocycles. The first-order chi connectivity index (χ1) is 8.83.